The van der Waals surface area contributed by atoms with Crippen LogP contribution >= 0.6 is 23.2 Å². The Morgan fingerprint density at radius 1 is 1.33 bits per heavy atom. The van der Waals surface area contributed by atoms with Gasteiger partial charge in [0.05, 0.1) is 16.6 Å². The number of carbonyl (C=O) groups excluding carboxylic acids is 1. The highest BCUT2D eigenvalue weighted by Gasteiger charge is 2.09. The molecule has 1 amide bonds. The normalized spacial score (nSPS) is 10.4. The highest BCUT2D eigenvalue weighted by molar-refractivity contribution is 6.42. The highest BCUT2D eigenvalue weighted by Crippen LogP contribution is 2.22. The van der Waals surface area contributed by atoms with Crippen LogP contribution in [0.4, 0.5) is 0 Å². The molecule has 4 nitrogen and oxygen atoms in total. The molecule has 1 N–H and O–H groups in total. The minimum absolute atomic E-state index is 0.241. The lowest BCUT2D eigenvalue weighted by molar-refractivity contribution is 0.0950. The fraction of sp³-hybridized carbons (Fsp3) is 0.167. The Hall–Kier alpha value is -1.52. The summed E-state index contributed by atoms with van der Waals surface area (Å²) in [5, 5.41) is 7.25. The van der Waals surface area contributed by atoms with E-state index in [1.165, 1.54) is 6.07 Å². The first-order valence-corrected chi connectivity index (χ1v) is 5.97. The van der Waals surface area contributed by atoms with Gasteiger partial charge in [0.1, 0.15) is 11.5 Å². The zero-order valence-electron chi connectivity index (χ0n) is 9.54. The molecule has 0 saturated heterocycles. The minimum Gasteiger partial charge on any atom is -0.361 e. The van der Waals surface area contributed by atoms with E-state index < -0.39 is 0 Å². The Morgan fingerprint density at radius 3 is 2.72 bits per heavy atom. The average molecular weight is 285 g/mol. The van der Waals surface area contributed by atoms with Crippen LogP contribution in [0.25, 0.3) is 0 Å². The van der Waals surface area contributed by atoms with Crippen LogP contribution in [0, 0.1) is 6.92 Å². The molecule has 0 fully saturated rings. The number of amides is 1. The number of hydrogen-bond donors (Lipinski definition) is 1. The van der Waals surface area contributed by atoms with Crippen molar-refractivity contribution in [1.82, 2.24) is 10.5 Å². The summed E-state index contributed by atoms with van der Waals surface area (Å²) in [6, 6.07) is 6.47. The number of nitrogens with zero attached hydrogens (tertiary/aromatic N) is 1. The lowest BCUT2D eigenvalue weighted by atomic mass is 10.2. The van der Waals surface area contributed by atoms with E-state index >= 15 is 0 Å². The molecule has 2 rings (SSSR count). The van der Waals surface area contributed by atoms with Gasteiger partial charge in [0.2, 0.25) is 0 Å². The first kappa shape index (κ1) is 12.9. The standard InChI is InChI=1S/C12H10Cl2N2O2/c1-7-4-9(16-18-7)6-15-12(17)8-2-3-10(13)11(14)5-8/h2-5H,6H2,1H3,(H,15,17). The Labute approximate surface area is 114 Å². The van der Waals surface area contributed by atoms with E-state index in [0.29, 0.717) is 33.6 Å². The number of carbonyl (C=O) groups is 1. The van der Waals surface area contributed by atoms with E-state index in [9.17, 15) is 4.79 Å². The van der Waals surface area contributed by atoms with Crippen molar-refractivity contribution >= 4 is 29.1 Å². The number of aromatic nitrogens is 1. The molecule has 0 aliphatic heterocycles. The summed E-state index contributed by atoms with van der Waals surface area (Å²) >= 11 is 11.6. The predicted octanol–water partition coefficient (Wildman–Crippen LogP) is 3.22. The van der Waals surface area contributed by atoms with Crippen LogP contribution in [-0.4, -0.2) is 11.1 Å². The van der Waals surface area contributed by atoms with E-state index in [4.69, 9.17) is 27.7 Å². The van der Waals surface area contributed by atoms with Gasteiger partial charge in [0.15, 0.2) is 0 Å². The molecule has 0 spiro atoms. The van der Waals surface area contributed by atoms with Gasteiger partial charge < -0.3 is 9.84 Å². The molecule has 2 aromatic rings. The van der Waals surface area contributed by atoms with Crippen molar-refractivity contribution in [1.29, 1.82) is 0 Å². The van der Waals surface area contributed by atoms with Crippen LogP contribution in [-0.2, 0) is 6.54 Å². The van der Waals surface area contributed by atoms with Gasteiger partial charge in [-0.3, -0.25) is 4.79 Å². The lowest BCUT2D eigenvalue weighted by Crippen LogP contribution is -2.22. The molecular formula is C12H10Cl2N2O2. The smallest absolute Gasteiger partial charge is 0.251 e. The van der Waals surface area contributed by atoms with Crippen molar-refractivity contribution in [3.63, 3.8) is 0 Å². The van der Waals surface area contributed by atoms with Gasteiger partial charge in [-0.25, -0.2) is 0 Å². The molecular weight excluding hydrogens is 275 g/mol. The van der Waals surface area contributed by atoms with Gasteiger partial charge in [-0.1, -0.05) is 28.4 Å². The Morgan fingerprint density at radius 2 is 2.11 bits per heavy atom. The van der Waals surface area contributed by atoms with E-state index in [-0.39, 0.29) is 5.91 Å². The quantitative estimate of drug-likeness (QED) is 0.942. The topological polar surface area (TPSA) is 55.1 Å². The van der Waals surface area contributed by atoms with Crippen LogP contribution in [0.1, 0.15) is 21.8 Å². The molecule has 0 aliphatic rings. The van der Waals surface area contributed by atoms with E-state index in [1.54, 1.807) is 25.1 Å². The second-order valence-corrected chi connectivity index (χ2v) is 4.55. The van der Waals surface area contributed by atoms with Crippen LogP contribution in [0.5, 0.6) is 0 Å². The zero-order chi connectivity index (χ0) is 13.1. The average Bonchev–Trinajstić information content (AvgIpc) is 2.75. The summed E-state index contributed by atoms with van der Waals surface area (Å²) in [6.07, 6.45) is 0. The first-order chi connectivity index (χ1) is 8.56. The summed E-state index contributed by atoms with van der Waals surface area (Å²) in [4.78, 5) is 11.8. The monoisotopic (exact) mass is 284 g/mol. The van der Waals surface area contributed by atoms with Gasteiger partial charge in [0, 0.05) is 11.6 Å². The molecule has 0 radical (unpaired) electrons. The zero-order valence-corrected chi connectivity index (χ0v) is 11.0. The van der Waals surface area contributed by atoms with Crippen molar-refractivity contribution < 1.29 is 9.32 Å². The molecule has 1 aromatic carbocycles. The molecule has 0 saturated carbocycles. The van der Waals surface area contributed by atoms with Crippen molar-refractivity contribution in [2.75, 3.05) is 0 Å². The Balaban J connectivity index is 2.01. The summed E-state index contributed by atoms with van der Waals surface area (Å²) in [5.41, 5.74) is 1.12. The van der Waals surface area contributed by atoms with Gasteiger partial charge >= 0.3 is 0 Å². The minimum atomic E-state index is -0.241. The van der Waals surface area contributed by atoms with Gasteiger partial charge in [-0.2, -0.15) is 0 Å². The van der Waals surface area contributed by atoms with E-state index in [1.807, 2.05) is 0 Å². The summed E-state index contributed by atoms with van der Waals surface area (Å²) in [6.45, 7) is 2.09. The molecule has 6 heteroatoms. The fourth-order valence-corrected chi connectivity index (χ4v) is 1.71. The van der Waals surface area contributed by atoms with Crippen LogP contribution in [0.15, 0.2) is 28.8 Å². The maximum absolute atomic E-state index is 11.8. The van der Waals surface area contributed by atoms with E-state index in [0.717, 1.165) is 0 Å². The molecule has 1 heterocycles. The third-order valence-electron chi connectivity index (χ3n) is 2.29. The summed E-state index contributed by atoms with van der Waals surface area (Å²) in [5.74, 6) is 0.461. The van der Waals surface area contributed by atoms with Crippen LogP contribution in [0.3, 0.4) is 0 Å². The van der Waals surface area contributed by atoms with Gasteiger partial charge in [-0.05, 0) is 25.1 Å². The lowest BCUT2D eigenvalue weighted by Gasteiger charge is -2.04. The predicted molar refractivity (Wildman–Crippen MR) is 68.9 cm³/mol. The third kappa shape index (κ3) is 3.03. The number of rotatable bonds is 3. The van der Waals surface area contributed by atoms with Crippen molar-refractivity contribution in [2.45, 2.75) is 13.5 Å². The maximum atomic E-state index is 11.8. The number of halogens is 2. The van der Waals surface area contributed by atoms with Crippen molar-refractivity contribution in [3.8, 4) is 0 Å². The SMILES string of the molecule is Cc1cc(CNC(=O)c2ccc(Cl)c(Cl)c2)no1. The maximum Gasteiger partial charge on any atom is 0.251 e. The molecule has 0 bridgehead atoms. The number of benzene rings is 1. The molecule has 0 unspecified atom stereocenters. The molecule has 18 heavy (non-hydrogen) atoms. The van der Waals surface area contributed by atoms with Crippen LogP contribution in [0.2, 0.25) is 10.0 Å². The molecule has 0 atom stereocenters. The Bertz CT molecular complexity index is 581. The Kier molecular flexibility index (Phi) is 3.89. The van der Waals surface area contributed by atoms with Gasteiger partial charge in [-0.15, -0.1) is 0 Å². The summed E-state index contributed by atoms with van der Waals surface area (Å²) in [7, 11) is 0. The van der Waals surface area contributed by atoms with Crippen molar-refractivity contribution in [3.05, 3.63) is 51.3 Å². The fourth-order valence-electron chi connectivity index (χ4n) is 1.41. The van der Waals surface area contributed by atoms with Crippen molar-refractivity contribution in [2.24, 2.45) is 0 Å². The molecule has 1 aromatic heterocycles. The number of hydrogen-bond acceptors (Lipinski definition) is 3. The summed E-state index contributed by atoms with van der Waals surface area (Å²) < 4.78 is 4.90. The molecule has 94 valence electrons. The third-order valence-corrected chi connectivity index (χ3v) is 3.03. The van der Waals surface area contributed by atoms with Crippen LogP contribution < -0.4 is 5.32 Å². The highest BCUT2D eigenvalue weighted by atomic mass is 35.5. The second-order valence-electron chi connectivity index (χ2n) is 3.74. The number of nitrogens with one attached hydrogen (secondary N) is 1. The molecule has 0 aliphatic carbocycles. The number of aryl methyl sites for hydroxylation is 1. The van der Waals surface area contributed by atoms with Gasteiger partial charge in [0.25, 0.3) is 5.91 Å². The first-order valence-electron chi connectivity index (χ1n) is 5.21. The second kappa shape index (κ2) is 5.42. The van der Waals surface area contributed by atoms with E-state index in [2.05, 4.69) is 10.5 Å². The largest absolute Gasteiger partial charge is 0.361 e.